The zero-order valence-electron chi connectivity index (χ0n) is 9.35. The van der Waals surface area contributed by atoms with Gasteiger partial charge in [0.25, 0.3) is 5.69 Å². The topological polar surface area (TPSA) is 46.4 Å². The van der Waals surface area contributed by atoms with Gasteiger partial charge >= 0.3 is 6.30 Å². The van der Waals surface area contributed by atoms with Crippen LogP contribution in [-0.2, 0) is 6.54 Å². The molecule has 0 unspecified atom stereocenters. The first-order valence-corrected chi connectivity index (χ1v) is 5.45. The fourth-order valence-corrected chi connectivity index (χ4v) is 1.82. The Balaban J connectivity index is 2.24. The van der Waals surface area contributed by atoms with Crippen molar-refractivity contribution >= 4 is 5.69 Å². The summed E-state index contributed by atoms with van der Waals surface area (Å²) in [5.41, 5.74) is -0.181. The van der Waals surface area contributed by atoms with E-state index in [9.17, 15) is 23.3 Å². The monoisotopic (exact) mass is 260 g/mol. The molecule has 0 atom stereocenters. The van der Waals surface area contributed by atoms with Gasteiger partial charge in [-0.3, -0.25) is 10.1 Å². The van der Waals surface area contributed by atoms with E-state index in [1.807, 2.05) is 0 Å². The third-order valence-electron chi connectivity index (χ3n) is 2.84. The molecular formula is C11H11F3N2O2. The lowest BCUT2D eigenvalue weighted by atomic mass is 10.1. The number of benzene rings is 1. The molecule has 98 valence electrons. The maximum absolute atomic E-state index is 12.8. The van der Waals surface area contributed by atoms with Crippen LogP contribution in [0.4, 0.5) is 18.9 Å². The summed E-state index contributed by atoms with van der Waals surface area (Å²) in [5, 5.41) is 10.7. The molecule has 2 rings (SSSR count). The number of nitro groups is 1. The van der Waals surface area contributed by atoms with Crippen molar-refractivity contribution in [3.8, 4) is 0 Å². The standard InChI is InChI=1S/C11H11F3N2O2/c12-11(13,14)15(9-5-6-9)7-8-3-1-2-4-10(8)16(17)18/h1-4,9H,5-7H2. The minimum Gasteiger partial charge on any atom is -0.258 e. The molecule has 1 aliphatic carbocycles. The summed E-state index contributed by atoms with van der Waals surface area (Å²) in [7, 11) is 0. The van der Waals surface area contributed by atoms with Gasteiger partial charge in [-0.05, 0) is 12.8 Å². The van der Waals surface area contributed by atoms with E-state index in [4.69, 9.17) is 0 Å². The summed E-state index contributed by atoms with van der Waals surface area (Å²) in [6, 6.07) is 4.99. The predicted octanol–water partition coefficient (Wildman–Crippen LogP) is 3.08. The molecule has 1 saturated carbocycles. The molecule has 0 heterocycles. The first-order valence-electron chi connectivity index (χ1n) is 5.45. The summed E-state index contributed by atoms with van der Waals surface area (Å²) in [6.45, 7) is -0.467. The van der Waals surface area contributed by atoms with Gasteiger partial charge in [0, 0.05) is 24.2 Å². The van der Waals surface area contributed by atoms with E-state index in [-0.39, 0.29) is 11.3 Å². The fraction of sp³-hybridized carbons (Fsp3) is 0.455. The quantitative estimate of drug-likeness (QED) is 0.475. The van der Waals surface area contributed by atoms with Crippen molar-refractivity contribution in [2.45, 2.75) is 31.7 Å². The average molecular weight is 260 g/mol. The van der Waals surface area contributed by atoms with Gasteiger partial charge < -0.3 is 0 Å². The number of nitro benzene ring substituents is 1. The largest absolute Gasteiger partial charge is 0.460 e. The summed E-state index contributed by atoms with van der Waals surface area (Å²) in [6.07, 6.45) is -3.48. The minimum atomic E-state index is -4.45. The second-order valence-corrected chi connectivity index (χ2v) is 4.21. The van der Waals surface area contributed by atoms with Crippen LogP contribution in [0.1, 0.15) is 18.4 Å². The number of hydrogen-bond donors (Lipinski definition) is 0. The average Bonchev–Trinajstić information content (AvgIpc) is 3.08. The normalized spacial score (nSPS) is 16.0. The van der Waals surface area contributed by atoms with E-state index in [1.165, 1.54) is 24.3 Å². The zero-order chi connectivity index (χ0) is 13.3. The molecule has 1 aromatic carbocycles. The highest BCUT2D eigenvalue weighted by molar-refractivity contribution is 5.39. The van der Waals surface area contributed by atoms with Gasteiger partial charge in [0.1, 0.15) is 0 Å². The highest BCUT2D eigenvalue weighted by Crippen LogP contribution is 2.37. The molecule has 18 heavy (non-hydrogen) atoms. The van der Waals surface area contributed by atoms with Crippen LogP contribution in [0.2, 0.25) is 0 Å². The maximum Gasteiger partial charge on any atom is 0.460 e. The second kappa shape index (κ2) is 4.56. The fourth-order valence-electron chi connectivity index (χ4n) is 1.82. The van der Waals surface area contributed by atoms with Crippen molar-refractivity contribution in [3.63, 3.8) is 0 Å². The van der Waals surface area contributed by atoms with Crippen molar-refractivity contribution in [2.24, 2.45) is 0 Å². The van der Waals surface area contributed by atoms with Crippen molar-refractivity contribution in [1.82, 2.24) is 4.90 Å². The van der Waals surface area contributed by atoms with Gasteiger partial charge in [-0.15, -0.1) is 0 Å². The molecule has 1 aliphatic rings. The molecule has 7 heteroatoms. The number of nitrogens with zero attached hydrogens (tertiary/aromatic N) is 2. The molecule has 4 nitrogen and oxygen atoms in total. The molecule has 0 saturated heterocycles. The van der Waals surface area contributed by atoms with E-state index in [0.717, 1.165) is 0 Å². The summed E-state index contributed by atoms with van der Waals surface area (Å²) < 4.78 is 38.4. The van der Waals surface area contributed by atoms with Crippen LogP contribution in [0.5, 0.6) is 0 Å². The zero-order valence-corrected chi connectivity index (χ0v) is 9.35. The Kier molecular flexibility index (Phi) is 3.25. The molecular weight excluding hydrogens is 249 g/mol. The lowest BCUT2D eigenvalue weighted by Crippen LogP contribution is -2.39. The predicted molar refractivity (Wildman–Crippen MR) is 57.7 cm³/mol. The Labute approximate surface area is 101 Å². The third kappa shape index (κ3) is 2.79. The van der Waals surface area contributed by atoms with Gasteiger partial charge in [-0.2, -0.15) is 13.2 Å². The van der Waals surface area contributed by atoms with E-state index >= 15 is 0 Å². The number of para-hydroxylation sites is 1. The van der Waals surface area contributed by atoms with Gasteiger partial charge in [-0.25, -0.2) is 4.90 Å². The molecule has 1 fully saturated rings. The molecule has 0 bridgehead atoms. The van der Waals surface area contributed by atoms with Gasteiger partial charge in [0.05, 0.1) is 4.92 Å². The van der Waals surface area contributed by atoms with Gasteiger partial charge in [0.2, 0.25) is 0 Å². The van der Waals surface area contributed by atoms with E-state index in [2.05, 4.69) is 0 Å². The summed E-state index contributed by atoms with van der Waals surface area (Å²) in [5.74, 6) is 0. The van der Waals surface area contributed by atoms with Gasteiger partial charge in [-0.1, -0.05) is 18.2 Å². The third-order valence-corrected chi connectivity index (χ3v) is 2.84. The second-order valence-electron chi connectivity index (χ2n) is 4.21. The summed E-state index contributed by atoms with van der Waals surface area (Å²) >= 11 is 0. The smallest absolute Gasteiger partial charge is 0.258 e. The van der Waals surface area contributed by atoms with Crippen molar-refractivity contribution in [2.75, 3.05) is 0 Å². The Hall–Kier alpha value is -1.63. The Morgan fingerprint density at radius 2 is 1.94 bits per heavy atom. The Morgan fingerprint density at radius 1 is 1.33 bits per heavy atom. The van der Waals surface area contributed by atoms with Crippen molar-refractivity contribution in [1.29, 1.82) is 0 Å². The number of halogens is 3. The van der Waals surface area contributed by atoms with Crippen LogP contribution >= 0.6 is 0 Å². The van der Waals surface area contributed by atoms with Crippen molar-refractivity contribution < 1.29 is 18.1 Å². The SMILES string of the molecule is O=[N+]([O-])c1ccccc1CN(C1CC1)C(F)(F)F. The van der Waals surface area contributed by atoms with Crippen LogP contribution in [0.15, 0.2) is 24.3 Å². The van der Waals surface area contributed by atoms with E-state index in [1.54, 1.807) is 0 Å². The molecule has 0 radical (unpaired) electrons. The lowest BCUT2D eigenvalue weighted by Gasteiger charge is -2.24. The number of alkyl halides is 3. The highest BCUT2D eigenvalue weighted by Gasteiger charge is 2.46. The molecule has 0 spiro atoms. The molecule has 1 aromatic rings. The lowest BCUT2D eigenvalue weighted by molar-refractivity contribution is -0.386. The first-order chi connectivity index (χ1) is 8.39. The van der Waals surface area contributed by atoms with Crippen LogP contribution in [-0.4, -0.2) is 22.2 Å². The van der Waals surface area contributed by atoms with Gasteiger partial charge in [0.15, 0.2) is 0 Å². The number of hydrogen-bond acceptors (Lipinski definition) is 3. The van der Waals surface area contributed by atoms with E-state index in [0.29, 0.717) is 17.7 Å². The van der Waals surface area contributed by atoms with Crippen LogP contribution < -0.4 is 0 Å². The number of rotatable bonds is 4. The Morgan fingerprint density at radius 3 is 2.44 bits per heavy atom. The van der Waals surface area contributed by atoms with E-state index < -0.39 is 23.8 Å². The Bertz CT molecular complexity index is 458. The molecule has 0 aliphatic heterocycles. The molecule has 0 N–H and O–H groups in total. The molecule has 0 amide bonds. The van der Waals surface area contributed by atoms with Crippen LogP contribution in [0.3, 0.4) is 0 Å². The van der Waals surface area contributed by atoms with Crippen molar-refractivity contribution in [3.05, 3.63) is 39.9 Å². The first kappa shape index (κ1) is 12.8. The minimum absolute atomic E-state index is 0.0896. The molecule has 0 aromatic heterocycles. The van der Waals surface area contributed by atoms with Crippen LogP contribution in [0, 0.1) is 10.1 Å². The maximum atomic E-state index is 12.8. The van der Waals surface area contributed by atoms with Crippen LogP contribution in [0.25, 0.3) is 0 Å². The summed E-state index contributed by atoms with van der Waals surface area (Å²) in [4.78, 5) is 10.5. The highest BCUT2D eigenvalue weighted by atomic mass is 19.4.